The summed E-state index contributed by atoms with van der Waals surface area (Å²) in [5, 5.41) is 20.1. The Morgan fingerprint density at radius 1 is 1.27 bits per heavy atom. The minimum Gasteiger partial charge on any atom is -0.410 e. The Bertz CT molecular complexity index is 1210. The average Bonchev–Trinajstić information content (AvgIpc) is 3.36. The van der Waals surface area contributed by atoms with Crippen molar-refractivity contribution in [2.45, 2.75) is 52.0 Å². The molecule has 1 aromatic heterocycles. The maximum atomic E-state index is 13.0. The Balaban J connectivity index is 1.48. The van der Waals surface area contributed by atoms with Crippen molar-refractivity contribution in [2.75, 3.05) is 26.7 Å². The Hall–Kier alpha value is -3.50. The fraction of sp³-hybridized carbons (Fsp3) is 0.481. The molecule has 1 aliphatic heterocycles. The van der Waals surface area contributed by atoms with Gasteiger partial charge in [-0.2, -0.15) is 0 Å². The van der Waals surface area contributed by atoms with Crippen LogP contribution in [-0.4, -0.2) is 80.8 Å². The fourth-order valence-corrected chi connectivity index (χ4v) is 4.45. The molecular weight excluding hydrogens is 474 g/mol. The molecule has 0 fully saturated rings. The first-order valence-corrected chi connectivity index (χ1v) is 12.7. The number of rotatable bonds is 5. The van der Waals surface area contributed by atoms with E-state index in [2.05, 4.69) is 10.3 Å². The molecule has 10 nitrogen and oxygen atoms in total. The average molecular weight is 510 g/mol. The molecule has 4 rings (SSSR count). The first-order chi connectivity index (χ1) is 17.8. The molecule has 2 bridgehead atoms. The number of benzene rings is 2. The van der Waals surface area contributed by atoms with Crippen LogP contribution in [0.5, 0.6) is 5.75 Å². The summed E-state index contributed by atoms with van der Waals surface area (Å²) in [6.45, 7) is 5.12. The summed E-state index contributed by atoms with van der Waals surface area (Å²) in [5.74, 6) is 0.296. The molecule has 1 aliphatic rings. The van der Waals surface area contributed by atoms with Crippen molar-refractivity contribution in [3.05, 3.63) is 54.4 Å². The van der Waals surface area contributed by atoms with Gasteiger partial charge in [0.2, 0.25) is 5.91 Å². The summed E-state index contributed by atoms with van der Waals surface area (Å²) in [5.41, 5.74) is 0.685. The molecule has 0 saturated carbocycles. The number of hydrogen-bond donors (Lipinski definition) is 1. The number of aromatic nitrogens is 3. The van der Waals surface area contributed by atoms with Gasteiger partial charge in [-0.3, -0.25) is 9.48 Å². The number of aryl methyl sites for hydroxylation is 1. The van der Waals surface area contributed by atoms with Crippen LogP contribution in [0, 0.1) is 5.92 Å². The van der Waals surface area contributed by atoms with Gasteiger partial charge in [-0.1, -0.05) is 42.5 Å². The Labute approximate surface area is 216 Å². The third-order valence-electron chi connectivity index (χ3n) is 6.74. The van der Waals surface area contributed by atoms with Gasteiger partial charge >= 0.3 is 6.09 Å². The van der Waals surface area contributed by atoms with E-state index in [0.717, 1.165) is 10.8 Å². The van der Waals surface area contributed by atoms with E-state index in [4.69, 9.17) is 9.47 Å². The van der Waals surface area contributed by atoms with Crippen molar-refractivity contribution < 1.29 is 24.2 Å². The number of likely N-dealkylation sites (N-methyl/N-ethyl adjacent to an activating group) is 1. The van der Waals surface area contributed by atoms with Gasteiger partial charge in [0.15, 0.2) is 0 Å². The van der Waals surface area contributed by atoms with Gasteiger partial charge in [0.05, 0.1) is 38.1 Å². The van der Waals surface area contributed by atoms with Crippen LogP contribution in [0.1, 0.15) is 32.4 Å². The Morgan fingerprint density at radius 2 is 2.05 bits per heavy atom. The molecule has 2 heterocycles. The number of aliphatic hydroxyl groups is 1. The zero-order chi connectivity index (χ0) is 26.4. The first-order valence-electron chi connectivity index (χ1n) is 12.7. The van der Waals surface area contributed by atoms with Gasteiger partial charge in [-0.15, -0.1) is 5.10 Å². The van der Waals surface area contributed by atoms with Crippen LogP contribution in [0.3, 0.4) is 0 Å². The first kappa shape index (κ1) is 26.6. The predicted octanol–water partition coefficient (Wildman–Crippen LogP) is 3.09. The van der Waals surface area contributed by atoms with Gasteiger partial charge in [-0.25, -0.2) is 4.79 Å². The molecule has 0 unspecified atom stereocenters. The zero-order valence-corrected chi connectivity index (χ0v) is 21.6. The molecule has 3 atom stereocenters. The van der Waals surface area contributed by atoms with Crippen LogP contribution in [-0.2, 0) is 22.7 Å². The SMILES string of the molecule is C[C@@H]1CN([C@H](C)CO)C(=O)CCCn2cc(nn2)CO[C@H]1CN(C)C(=O)Oc1ccc2ccccc2c1. The minimum atomic E-state index is -0.503. The van der Waals surface area contributed by atoms with E-state index in [1.807, 2.05) is 56.4 Å². The highest BCUT2D eigenvalue weighted by atomic mass is 16.6. The van der Waals surface area contributed by atoms with Gasteiger partial charge in [0.1, 0.15) is 11.4 Å². The summed E-state index contributed by atoms with van der Waals surface area (Å²) in [7, 11) is 1.66. The molecule has 10 heteroatoms. The van der Waals surface area contributed by atoms with Crippen molar-refractivity contribution >= 4 is 22.8 Å². The molecule has 0 spiro atoms. The Kier molecular flexibility index (Phi) is 8.73. The van der Waals surface area contributed by atoms with Crippen molar-refractivity contribution in [3.8, 4) is 5.75 Å². The third-order valence-corrected chi connectivity index (χ3v) is 6.74. The summed E-state index contributed by atoms with van der Waals surface area (Å²) >= 11 is 0. The lowest BCUT2D eigenvalue weighted by Crippen LogP contribution is -2.48. The number of carbonyl (C=O) groups excluding carboxylic acids is 2. The molecule has 0 radical (unpaired) electrons. The third kappa shape index (κ3) is 6.84. The van der Waals surface area contributed by atoms with E-state index in [1.165, 1.54) is 4.90 Å². The number of carbonyl (C=O) groups is 2. The maximum absolute atomic E-state index is 13.0. The number of aliphatic hydroxyl groups excluding tert-OH is 1. The van der Waals surface area contributed by atoms with E-state index < -0.39 is 12.2 Å². The van der Waals surface area contributed by atoms with Gasteiger partial charge in [-0.05, 0) is 36.2 Å². The van der Waals surface area contributed by atoms with Crippen LogP contribution < -0.4 is 4.74 Å². The molecule has 37 heavy (non-hydrogen) atoms. The normalized spacial score (nSPS) is 20.0. The maximum Gasteiger partial charge on any atom is 0.415 e. The molecular formula is C27H35N5O5. The highest BCUT2D eigenvalue weighted by Gasteiger charge is 2.29. The van der Waals surface area contributed by atoms with E-state index in [0.29, 0.717) is 37.4 Å². The quantitative estimate of drug-likeness (QED) is 0.563. The molecule has 0 saturated heterocycles. The minimum absolute atomic E-state index is 0.0317. The van der Waals surface area contributed by atoms with Crippen LogP contribution in [0.2, 0.25) is 0 Å². The van der Waals surface area contributed by atoms with E-state index in [9.17, 15) is 14.7 Å². The zero-order valence-electron chi connectivity index (χ0n) is 21.6. The lowest BCUT2D eigenvalue weighted by Gasteiger charge is -2.35. The molecule has 198 valence electrons. The van der Waals surface area contributed by atoms with Crippen LogP contribution in [0.15, 0.2) is 48.7 Å². The smallest absolute Gasteiger partial charge is 0.410 e. The molecule has 2 amide bonds. The van der Waals surface area contributed by atoms with Crippen LogP contribution in [0.4, 0.5) is 4.79 Å². The van der Waals surface area contributed by atoms with Crippen molar-refractivity contribution in [3.63, 3.8) is 0 Å². The standard InChI is InChI=1S/C27H35N5O5/c1-19-14-32(20(2)17-33)26(34)9-6-12-31-15-23(28-29-31)18-36-25(19)16-30(3)27(35)37-24-11-10-21-7-4-5-8-22(21)13-24/h4-5,7-8,10-11,13,15,19-20,25,33H,6,9,12,14,16-18H2,1-3H3/t19-,20-,25+/m1/s1. The predicted molar refractivity (Wildman–Crippen MR) is 138 cm³/mol. The lowest BCUT2D eigenvalue weighted by atomic mass is 10.0. The van der Waals surface area contributed by atoms with E-state index in [1.54, 1.807) is 22.7 Å². The van der Waals surface area contributed by atoms with Crippen LogP contribution in [0.25, 0.3) is 10.8 Å². The molecule has 0 aliphatic carbocycles. The van der Waals surface area contributed by atoms with Crippen molar-refractivity contribution in [1.82, 2.24) is 24.8 Å². The summed E-state index contributed by atoms with van der Waals surface area (Å²) in [4.78, 5) is 29.1. The van der Waals surface area contributed by atoms with Crippen molar-refractivity contribution in [1.29, 1.82) is 0 Å². The lowest BCUT2D eigenvalue weighted by molar-refractivity contribution is -0.136. The summed E-state index contributed by atoms with van der Waals surface area (Å²) < 4.78 is 13.6. The van der Waals surface area contributed by atoms with Gasteiger partial charge in [0, 0.05) is 32.5 Å². The van der Waals surface area contributed by atoms with Crippen molar-refractivity contribution in [2.24, 2.45) is 5.92 Å². The molecule has 2 aromatic carbocycles. The second-order valence-corrected chi connectivity index (χ2v) is 9.74. The molecule has 3 aromatic rings. The van der Waals surface area contributed by atoms with Crippen LogP contribution >= 0.6 is 0 Å². The number of amides is 2. The number of hydrogen-bond acceptors (Lipinski definition) is 7. The highest BCUT2D eigenvalue weighted by Crippen LogP contribution is 2.22. The number of nitrogens with zero attached hydrogens (tertiary/aromatic N) is 5. The summed E-state index contributed by atoms with van der Waals surface area (Å²) in [6.07, 6.45) is 1.86. The van der Waals surface area contributed by atoms with E-state index in [-0.39, 0.29) is 37.6 Å². The molecule has 1 N–H and O–H groups in total. The highest BCUT2D eigenvalue weighted by molar-refractivity contribution is 5.84. The van der Waals surface area contributed by atoms with Gasteiger partial charge < -0.3 is 24.4 Å². The topological polar surface area (TPSA) is 110 Å². The van der Waals surface area contributed by atoms with Gasteiger partial charge in [0.25, 0.3) is 0 Å². The van der Waals surface area contributed by atoms with E-state index >= 15 is 0 Å². The largest absolute Gasteiger partial charge is 0.415 e. The monoisotopic (exact) mass is 509 g/mol. The Morgan fingerprint density at radius 3 is 2.84 bits per heavy atom. The second kappa shape index (κ2) is 12.2. The fourth-order valence-electron chi connectivity index (χ4n) is 4.45. The number of ether oxygens (including phenoxy) is 2. The number of fused-ring (bicyclic) bond motifs is 3. The summed E-state index contributed by atoms with van der Waals surface area (Å²) in [6, 6.07) is 13.1. The second-order valence-electron chi connectivity index (χ2n) is 9.74.